The number of morpholine rings is 1. The molecular formula is C21H38N2O3. The maximum absolute atomic E-state index is 11.8. The van der Waals surface area contributed by atoms with Crippen LogP contribution in [0.25, 0.3) is 0 Å². The normalized spacial score (nSPS) is 15.8. The highest BCUT2D eigenvalue weighted by atomic mass is 16.6. The zero-order valence-corrected chi connectivity index (χ0v) is 17.5. The first-order valence-corrected chi connectivity index (χ1v) is 9.50. The molecule has 5 heteroatoms. The van der Waals surface area contributed by atoms with Gasteiger partial charge in [-0.25, -0.2) is 4.79 Å². The molecule has 26 heavy (non-hydrogen) atoms. The SMILES string of the molecule is CC(C)C.C[C@H](NC(=O)OC(C)(C)C)c1ccc(N2CCOCC2)cc1.[HH]. The highest BCUT2D eigenvalue weighted by Crippen LogP contribution is 2.20. The van der Waals surface area contributed by atoms with E-state index < -0.39 is 11.7 Å². The zero-order valence-electron chi connectivity index (χ0n) is 17.5. The number of anilines is 1. The van der Waals surface area contributed by atoms with Crippen LogP contribution in [-0.4, -0.2) is 38.0 Å². The molecule has 1 atom stereocenters. The minimum Gasteiger partial charge on any atom is -0.444 e. The number of carbonyl (C=O) groups excluding carboxylic acids is 1. The third-order valence-corrected chi connectivity index (χ3v) is 3.50. The summed E-state index contributed by atoms with van der Waals surface area (Å²) < 4.78 is 10.6. The van der Waals surface area contributed by atoms with Crippen molar-refractivity contribution in [2.75, 3.05) is 31.2 Å². The van der Waals surface area contributed by atoms with E-state index in [1.807, 2.05) is 39.8 Å². The van der Waals surface area contributed by atoms with Crippen LogP contribution in [0.2, 0.25) is 0 Å². The summed E-state index contributed by atoms with van der Waals surface area (Å²) in [5, 5.41) is 2.86. The molecule has 5 nitrogen and oxygen atoms in total. The highest BCUT2D eigenvalue weighted by Gasteiger charge is 2.18. The second kappa shape index (κ2) is 10.4. The van der Waals surface area contributed by atoms with Crippen molar-refractivity contribution in [2.45, 2.75) is 60.1 Å². The van der Waals surface area contributed by atoms with Gasteiger partial charge in [0.1, 0.15) is 5.60 Å². The number of rotatable bonds is 3. The Balaban J connectivity index is 0.00000123. The van der Waals surface area contributed by atoms with Crippen molar-refractivity contribution in [2.24, 2.45) is 5.92 Å². The summed E-state index contributed by atoms with van der Waals surface area (Å²) in [6.07, 6.45) is -0.391. The molecule has 150 valence electrons. The van der Waals surface area contributed by atoms with Gasteiger partial charge in [0.15, 0.2) is 0 Å². The third kappa shape index (κ3) is 9.09. The summed E-state index contributed by atoms with van der Waals surface area (Å²) in [6, 6.07) is 8.19. The van der Waals surface area contributed by atoms with Crippen LogP contribution in [0.1, 0.15) is 61.5 Å². The summed E-state index contributed by atoms with van der Waals surface area (Å²) in [6.45, 7) is 17.4. The number of carbonyl (C=O) groups is 1. The molecule has 1 saturated heterocycles. The number of benzene rings is 1. The Kier molecular flexibility index (Phi) is 8.93. The molecule has 0 unspecified atom stereocenters. The molecule has 2 rings (SSSR count). The monoisotopic (exact) mass is 366 g/mol. The fourth-order valence-electron chi connectivity index (χ4n) is 2.36. The molecule has 1 amide bonds. The largest absolute Gasteiger partial charge is 0.444 e. The number of alkyl carbamates (subject to hydrolysis) is 1. The van der Waals surface area contributed by atoms with Crippen molar-refractivity contribution in [3.63, 3.8) is 0 Å². The molecular weight excluding hydrogens is 328 g/mol. The predicted octanol–water partition coefficient (Wildman–Crippen LogP) is 5.02. The Bertz CT molecular complexity index is 533. The van der Waals surface area contributed by atoms with E-state index >= 15 is 0 Å². The van der Waals surface area contributed by atoms with Crippen molar-refractivity contribution in [1.82, 2.24) is 5.32 Å². The molecule has 1 heterocycles. The predicted molar refractivity (Wildman–Crippen MR) is 110 cm³/mol. The van der Waals surface area contributed by atoms with Crippen molar-refractivity contribution in [1.29, 1.82) is 0 Å². The lowest BCUT2D eigenvalue weighted by atomic mass is 10.1. The summed E-state index contributed by atoms with van der Waals surface area (Å²) in [5.74, 6) is 0.833. The molecule has 1 aromatic carbocycles. The first kappa shape index (κ1) is 22.3. The molecule has 1 N–H and O–H groups in total. The summed E-state index contributed by atoms with van der Waals surface area (Å²) >= 11 is 0. The van der Waals surface area contributed by atoms with Crippen LogP contribution < -0.4 is 10.2 Å². The van der Waals surface area contributed by atoms with Crippen LogP contribution in [0.4, 0.5) is 10.5 Å². The first-order valence-electron chi connectivity index (χ1n) is 9.50. The maximum Gasteiger partial charge on any atom is 0.408 e. The number of hydrogen-bond donors (Lipinski definition) is 1. The van der Waals surface area contributed by atoms with Gasteiger partial charge in [-0.1, -0.05) is 32.9 Å². The van der Waals surface area contributed by atoms with E-state index in [1.165, 1.54) is 5.69 Å². The Labute approximate surface area is 160 Å². The first-order chi connectivity index (χ1) is 12.1. The molecule has 0 aliphatic carbocycles. The van der Waals surface area contributed by atoms with E-state index in [0.29, 0.717) is 0 Å². The molecule has 1 aromatic rings. The minimum atomic E-state index is -0.482. The van der Waals surface area contributed by atoms with Crippen molar-refractivity contribution >= 4 is 11.8 Å². The molecule has 0 saturated carbocycles. The average Bonchev–Trinajstić information content (AvgIpc) is 2.53. The molecule has 0 aromatic heterocycles. The number of hydrogen-bond acceptors (Lipinski definition) is 4. The summed E-state index contributed by atoms with van der Waals surface area (Å²) in [7, 11) is 0. The Hall–Kier alpha value is -1.75. The Morgan fingerprint density at radius 2 is 1.62 bits per heavy atom. The Morgan fingerprint density at radius 1 is 1.12 bits per heavy atom. The topological polar surface area (TPSA) is 50.8 Å². The van der Waals surface area contributed by atoms with Gasteiger partial charge >= 0.3 is 6.09 Å². The lowest BCUT2D eigenvalue weighted by molar-refractivity contribution is 0.0508. The molecule has 1 fully saturated rings. The van der Waals surface area contributed by atoms with Gasteiger partial charge in [0.25, 0.3) is 0 Å². The quantitative estimate of drug-likeness (QED) is 0.816. The molecule has 1 aliphatic rings. The standard InChI is InChI=1S/C17H26N2O3.C4H10.H2/c1-13(18-16(20)22-17(2,3)4)14-5-7-15(8-6-14)19-9-11-21-12-10-19;1-4(2)3;/h5-8,13H,9-12H2,1-4H3,(H,18,20);4H,1-3H3;1H/t13-;;/m0../s1. The second-order valence-corrected chi connectivity index (χ2v) is 8.29. The van der Waals surface area contributed by atoms with Gasteiger partial charge in [0, 0.05) is 20.2 Å². The summed E-state index contributed by atoms with van der Waals surface area (Å²) in [4.78, 5) is 14.1. The van der Waals surface area contributed by atoms with Crippen LogP contribution in [0.5, 0.6) is 0 Å². The van der Waals surface area contributed by atoms with Crippen LogP contribution in [-0.2, 0) is 9.47 Å². The van der Waals surface area contributed by atoms with Crippen molar-refractivity contribution in [3.8, 4) is 0 Å². The zero-order chi connectivity index (χ0) is 19.7. The van der Waals surface area contributed by atoms with E-state index in [0.717, 1.165) is 37.8 Å². The fourth-order valence-corrected chi connectivity index (χ4v) is 2.36. The van der Waals surface area contributed by atoms with Crippen LogP contribution in [0.15, 0.2) is 24.3 Å². The summed E-state index contributed by atoms with van der Waals surface area (Å²) in [5.41, 5.74) is 1.77. The smallest absolute Gasteiger partial charge is 0.408 e. The Morgan fingerprint density at radius 3 is 2.08 bits per heavy atom. The van der Waals surface area contributed by atoms with Crippen LogP contribution in [0, 0.1) is 5.92 Å². The van der Waals surface area contributed by atoms with Gasteiger partial charge in [0.05, 0.1) is 19.3 Å². The number of amides is 1. The van der Waals surface area contributed by atoms with E-state index in [2.05, 4.69) is 43.1 Å². The van der Waals surface area contributed by atoms with Crippen LogP contribution >= 0.6 is 0 Å². The average molecular weight is 367 g/mol. The lowest BCUT2D eigenvalue weighted by Crippen LogP contribution is -2.36. The lowest BCUT2D eigenvalue weighted by Gasteiger charge is -2.29. The van der Waals surface area contributed by atoms with Crippen LogP contribution in [0.3, 0.4) is 0 Å². The molecule has 0 spiro atoms. The molecule has 0 bridgehead atoms. The van der Waals surface area contributed by atoms with Crippen molar-refractivity contribution < 1.29 is 15.7 Å². The highest BCUT2D eigenvalue weighted by molar-refractivity contribution is 5.68. The van der Waals surface area contributed by atoms with Gasteiger partial charge in [-0.15, -0.1) is 0 Å². The van der Waals surface area contributed by atoms with Gasteiger partial charge in [0.2, 0.25) is 0 Å². The molecule has 0 radical (unpaired) electrons. The van der Waals surface area contributed by atoms with E-state index in [4.69, 9.17) is 9.47 Å². The molecule has 1 aliphatic heterocycles. The second-order valence-electron chi connectivity index (χ2n) is 8.29. The van der Waals surface area contributed by atoms with Gasteiger partial charge < -0.3 is 19.7 Å². The van der Waals surface area contributed by atoms with Crippen molar-refractivity contribution in [3.05, 3.63) is 29.8 Å². The van der Waals surface area contributed by atoms with E-state index in [9.17, 15) is 4.79 Å². The van der Waals surface area contributed by atoms with E-state index in [-0.39, 0.29) is 7.47 Å². The number of nitrogens with zero attached hydrogens (tertiary/aromatic N) is 1. The third-order valence-electron chi connectivity index (χ3n) is 3.50. The number of ether oxygens (including phenoxy) is 2. The number of nitrogens with one attached hydrogen (secondary N) is 1. The van der Waals surface area contributed by atoms with Gasteiger partial charge in [-0.05, 0) is 51.3 Å². The fraction of sp³-hybridized carbons (Fsp3) is 0.667. The minimum absolute atomic E-state index is 0. The van der Waals surface area contributed by atoms with Gasteiger partial charge in [-0.2, -0.15) is 0 Å². The van der Waals surface area contributed by atoms with Gasteiger partial charge in [-0.3, -0.25) is 0 Å². The maximum atomic E-state index is 11.8. The van der Waals surface area contributed by atoms with E-state index in [1.54, 1.807) is 0 Å².